The van der Waals surface area contributed by atoms with Crippen molar-refractivity contribution in [2.24, 2.45) is 0 Å². The third-order valence-electron chi connectivity index (χ3n) is 2.44. The Balaban J connectivity index is 2.38. The lowest BCUT2D eigenvalue weighted by molar-refractivity contribution is 0.490. The van der Waals surface area contributed by atoms with E-state index in [2.05, 4.69) is 15.0 Å². The Morgan fingerprint density at radius 2 is 1.90 bits per heavy atom. The third kappa shape index (κ3) is 3.73. The van der Waals surface area contributed by atoms with Crippen molar-refractivity contribution < 1.29 is 4.18 Å². The molecule has 1 aromatic carbocycles. The maximum Gasteiger partial charge on any atom is 0.235 e. The molecule has 0 radical (unpaired) electrons. The molecule has 0 aliphatic rings. The fourth-order valence-corrected chi connectivity index (χ4v) is 2.53. The molecule has 0 N–H and O–H groups in total. The summed E-state index contributed by atoms with van der Waals surface area (Å²) in [6.07, 6.45) is 0. The van der Waals surface area contributed by atoms with Gasteiger partial charge >= 0.3 is 0 Å². The van der Waals surface area contributed by atoms with Crippen LogP contribution in [0.15, 0.2) is 29.2 Å². The van der Waals surface area contributed by atoms with E-state index in [1.807, 2.05) is 36.1 Å². The molecule has 8 heteroatoms. The summed E-state index contributed by atoms with van der Waals surface area (Å²) in [5, 5.41) is 0.141. The van der Waals surface area contributed by atoms with E-state index in [4.69, 9.17) is 27.4 Å². The highest BCUT2D eigenvalue weighted by atomic mass is 35.5. The Labute approximate surface area is 131 Å². The fraction of sp³-hybridized carbons (Fsp3) is 0.250. The number of nitrogens with zero attached hydrogens (tertiary/aromatic N) is 4. The third-order valence-corrected chi connectivity index (χ3v) is 3.39. The van der Waals surface area contributed by atoms with Crippen LogP contribution in [0.5, 0.6) is 0 Å². The van der Waals surface area contributed by atoms with Gasteiger partial charge in [0.25, 0.3) is 0 Å². The molecule has 2 aromatic rings. The molecule has 1 heterocycles. The van der Waals surface area contributed by atoms with Gasteiger partial charge in [0.05, 0.1) is 7.11 Å². The van der Waals surface area contributed by atoms with Crippen LogP contribution in [0.3, 0.4) is 0 Å². The van der Waals surface area contributed by atoms with Gasteiger partial charge in [-0.1, -0.05) is 6.07 Å². The van der Waals surface area contributed by atoms with Crippen LogP contribution in [0, 0.1) is 0 Å². The van der Waals surface area contributed by atoms with Gasteiger partial charge in [-0.3, -0.25) is 0 Å². The molecule has 106 valence electrons. The van der Waals surface area contributed by atoms with E-state index < -0.39 is 0 Å². The van der Waals surface area contributed by atoms with E-state index in [1.54, 1.807) is 7.11 Å². The smallest absolute Gasteiger partial charge is 0.235 e. The normalized spacial score (nSPS) is 10.6. The van der Waals surface area contributed by atoms with Crippen molar-refractivity contribution >= 4 is 46.9 Å². The molecule has 0 spiro atoms. The Morgan fingerprint density at radius 1 is 1.20 bits per heavy atom. The minimum Gasteiger partial charge on any atom is -0.314 e. The van der Waals surface area contributed by atoms with Crippen molar-refractivity contribution in [1.29, 1.82) is 0 Å². The van der Waals surface area contributed by atoms with E-state index in [0.717, 1.165) is 10.6 Å². The quantitative estimate of drug-likeness (QED) is 0.772. The van der Waals surface area contributed by atoms with Crippen molar-refractivity contribution in [3.05, 3.63) is 34.8 Å². The second-order valence-electron chi connectivity index (χ2n) is 3.67. The first-order chi connectivity index (χ1) is 9.63. The molecular formula is C12H12Cl2N4OS. The Kier molecular flexibility index (Phi) is 5.42. The van der Waals surface area contributed by atoms with Crippen molar-refractivity contribution in [2.75, 3.05) is 18.6 Å². The minimum absolute atomic E-state index is 0.0703. The summed E-state index contributed by atoms with van der Waals surface area (Å²) in [6.45, 7) is 2.65. The van der Waals surface area contributed by atoms with E-state index in [0.29, 0.717) is 12.5 Å². The summed E-state index contributed by atoms with van der Waals surface area (Å²) >= 11 is 12.9. The molecule has 0 saturated carbocycles. The van der Waals surface area contributed by atoms with Gasteiger partial charge in [0.15, 0.2) is 0 Å². The number of rotatable bonds is 5. The summed E-state index contributed by atoms with van der Waals surface area (Å²) in [5.41, 5.74) is 0.924. The topological polar surface area (TPSA) is 51.1 Å². The van der Waals surface area contributed by atoms with Crippen LogP contribution in [0.25, 0.3) is 0 Å². The fourth-order valence-electron chi connectivity index (χ4n) is 1.68. The maximum atomic E-state index is 5.82. The second-order valence-corrected chi connectivity index (χ2v) is 5.31. The molecular weight excluding hydrogens is 319 g/mol. The van der Waals surface area contributed by atoms with Crippen molar-refractivity contribution in [3.8, 4) is 0 Å². The lowest BCUT2D eigenvalue weighted by Crippen LogP contribution is -2.19. The SMILES string of the molecule is CCN(c1cccc(SOC)c1)c1nc(Cl)nc(Cl)n1. The average Bonchev–Trinajstić information content (AvgIpc) is 2.39. The number of aromatic nitrogens is 3. The molecule has 0 amide bonds. The second kappa shape index (κ2) is 7.08. The van der Waals surface area contributed by atoms with Gasteiger partial charge in [-0.05, 0) is 48.3 Å². The molecule has 0 saturated heterocycles. The molecule has 5 nitrogen and oxygen atoms in total. The number of anilines is 2. The largest absolute Gasteiger partial charge is 0.314 e. The van der Waals surface area contributed by atoms with Crippen LogP contribution in [-0.2, 0) is 4.18 Å². The van der Waals surface area contributed by atoms with Crippen LogP contribution < -0.4 is 4.90 Å². The van der Waals surface area contributed by atoms with Crippen LogP contribution in [0.2, 0.25) is 10.6 Å². The summed E-state index contributed by atoms with van der Waals surface area (Å²) in [5.74, 6) is 0.414. The van der Waals surface area contributed by atoms with E-state index in [-0.39, 0.29) is 10.6 Å². The average molecular weight is 331 g/mol. The van der Waals surface area contributed by atoms with Gasteiger partial charge in [0.1, 0.15) is 0 Å². The lowest BCUT2D eigenvalue weighted by Gasteiger charge is -2.21. The first-order valence-corrected chi connectivity index (χ1v) is 7.29. The molecule has 1 aromatic heterocycles. The van der Waals surface area contributed by atoms with Crippen LogP contribution in [-0.4, -0.2) is 28.6 Å². The zero-order chi connectivity index (χ0) is 14.5. The molecule has 2 rings (SSSR count). The molecule has 0 unspecified atom stereocenters. The lowest BCUT2D eigenvalue weighted by atomic mass is 10.3. The number of hydrogen-bond acceptors (Lipinski definition) is 6. The Bertz CT molecular complexity index is 579. The van der Waals surface area contributed by atoms with Gasteiger partial charge in [-0.2, -0.15) is 15.0 Å². The molecule has 0 aliphatic heterocycles. The van der Waals surface area contributed by atoms with Crippen molar-refractivity contribution in [3.63, 3.8) is 0 Å². The predicted octanol–water partition coefficient (Wildman–Crippen LogP) is 3.99. The van der Waals surface area contributed by atoms with Crippen molar-refractivity contribution in [1.82, 2.24) is 15.0 Å². The number of hydrogen-bond donors (Lipinski definition) is 0. The standard InChI is InChI=1S/C12H12Cl2N4OS/c1-3-18(12-16-10(13)15-11(14)17-12)8-5-4-6-9(7-8)20-19-2/h4-7H,3H2,1-2H3. The first-order valence-electron chi connectivity index (χ1n) is 5.79. The summed E-state index contributed by atoms with van der Waals surface area (Å²) in [6, 6.07) is 7.82. The van der Waals surface area contributed by atoms with Gasteiger partial charge in [-0.15, -0.1) is 0 Å². The molecule has 0 fully saturated rings. The molecule has 20 heavy (non-hydrogen) atoms. The highest BCUT2D eigenvalue weighted by molar-refractivity contribution is 7.94. The molecule has 0 aliphatic carbocycles. The summed E-state index contributed by atoms with van der Waals surface area (Å²) in [4.78, 5) is 14.8. The predicted molar refractivity (Wildman–Crippen MR) is 81.8 cm³/mol. The van der Waals surface area contributed by atoms with E-state index in [1.165, 1.54) is 12.0 Å². The molecule has 0 atom stereocenters. The van der Waals surface area contributed by atoms with Gasteiger partial charge in [-0.25, -0.2) is 0 Å². The van der Waals surface area contributed by atoms with E-state index in [9.17, 15) is 0 Å². The van der Waals surface area contributed by atoms with Crippen LogP contribution in [0.1, 0.15) is 6.92 Å². The Hall–Kier alpha value is -1.08. The minimum atomic E-state index is 0.0703. The van der Waals surface area contributed by atoms with Crippen molar-refractivity contribution in [2.45, 2.75) is 11.8 Å². The van der Waals surface area contributed by atoms with Crippen LogP contribution >= 0.6 is 35.2 Å². The number of halogens is 2. The monoisotopic (exact) mass is 330 g/mol. The zero-order valence-electron chi connectivity index (χ0n) is 10.9. The van der Waals surface area contributed by atoms with Gasteiger partial charge in [0.2, 0.25) is 16.5 Å². The highest BCUT2D eigenvalue weighted by Gasteiger charge is 2.13. The van der Waals surface area contributed by atoms with E-state index >= 15 is 0 Å². The van der Waals surface area contributed by atoms with Gasteiger partial charge in [0, 0.05) is 29.2 Å². The highest BCUT2D eigenvalue weighted by Crippen LogP contribution is 2.28. The molecule has 0 bridgehead atoms. The zero-order valence-corrected chi connectivity index (χ0v) is 13.2. The Morgan fingerprint density at radius 3 is 2.50 bits per heavy atom. The van der Waals surface area contributed by atoms with Gasteiger partial charge < -0.3 is 9.08 Å². The first kappa shape index (κ1) is 15.3. The van der Waals surface area contributed by atoms with Crippen LogP contribution in [0.4, 0.5) is 11.6 Å². The maximum absolute atomic E-state index is 5.82. The number of benzene rings is 1. The summed E-state index contributed by atoms with van der Waals surface area (Å²) < 4.78 is 5.05. The summed E-state index contributed by atoms with van der Waals surface area (Å²) in [7, 11) is 1.63.